The summed E-state index contributed by atoms with van der Waals surface area (Å²) in [5, 5.41) is 18.7. The van der Waals surface area contributed by atoms with E-state index in [-0.39, 0.29) is 0 Å². The third-order valence-corrected chi connectivity index (χ3v) is 2.39. The Labute approximate surface area is 95.1 Å². The van der Waals surface area contributed by atoms with Crippen molar-refractivity contribution < 1.29 is 5.21 Å². The number of unbranched alkanes of at least 4 members (excludes halogenated alkanes) is 1. The summed E-state index contributed by atoms with van der Waals surface area (Å²) in [5.41, 5.74) is 6.52. The Hall–Kier alpha value is -1.56. The van der Waals surface area contributed by atoms with Crippen molar-refractivity contribution in [2.45, 2.75) is 25.8 Å². The zero-order valence-electron chi connectivity index (χ0n) is 9.56. The lowest BCUT2D eigenvalue weighted by atomic mass is 10.2. The fourth-order valence-corrected chi connectivity index (χ4v) is 1.40. The van der Waals surface area contributed by atoms with E-state index in [9.17, 15) is 0 Å². The monoisotopic (exact) mass is 225 g/mol. The molecular weight excluding hydrogens is 206 g/mol. The van der Waals surface area contributed by atoms with Gasteiger partial charge in [-0.1, -0.05) is 5.16 Å². The van der Waals surface area contributed by atoms with Crippen molar-refractivity contribution in [2.24, 2.45) is 17.9 Å². The third kappa shape index (κ3) is 4.31. The fourth-order valence-electron chi connectivity index (χ4n) is 1.40. The minimum atomic E-state index is 0.298. The van der Waals surface area contributed by atoms with E-state index in [1.807, 2.05) is 17.8 Å². The molecule has 0 saturated heterocycles. The van der Waals surface area contributed by atoms with Crippen molar-refractivity contribution in [1.29, 1.82) is 0 Å². The molecule has 90 valence electrons. The second-order valence-electron chi connectivity index (χ2n) is 3.67. The highest BCUT2D eigenvalue weighted by atomic mass is 16.4. The minimum absolute atomic E-state index is 0.298. The predicted octanol–water partition coefficient (Wildman–Crippen LogP) is 0.426. The number of nitrogens with one attached hydrogen (secondary N) is 1. The Kier molecular flexibility index (Phi) is 5.35. The van der Waals surface area contributed by atoms with Gasteiger partial charge in [0, 0.05) is 26.2 Å². The summed E-state index contributed by atoms with van der Waals surface area (Å²) in [6.07, 6.45) is 4.36. The van der Waals surface area contributed by atoms with Gasteiger partial charge in [-0.05, 0) is 25.5 Å². The molecule has 6 nitrogen and oxygen atoms in total. The van der Waals surface area contributed by atoms with Crippen LogP contribution in [0.25, 0.3) is 0 Å². The van der Waals surface area contributed by atoms with E-state index >= 15 is 0 Å². The number of oxime groups is 1. The average Bonchev–Trinajstić information content (AvgIpc) is 2.69. The van der Waals surface area contributed by atoms with E-state index < -0.39 is 0 Å². The van der Waals surface area contributed by atoms with Crippen molar-refractivity contribution in [3.63, 3.8) is 0 Å². The quantitative estimate of drug-likeness (QED) is 0.206. The van der Waals surface area contributed by atoms with Crippen molar-refractivity contribution in [2.75, 3.05) is 6.54 Å². The average molecular weight is 225 g/mol. The summed E-state index contributed by atoms with van der Waals surface area (Å²) < 4.78 is 1.85. The van der Waals surface area contributed by atoms with Crippen LogP contribution in [-0.4, -0.2) is 27.4 Å². The molecule has 16 heavy (non-hydrogen) atoms. The Bertz CT molecular complexity index is 334. The zero-order chi connectivity index (χ0) is 11.8. The number of hydrogen-bond acceptors (Lipinski definition) is 4. The van der Waals surface area contributed by atoms with Crippen LogP contribution in [0, 0.1) is 0 Å². The molecule has 0 aliphatic heterocycles. The maximum atomic E-state index is 8.33. The van der Waals surface area contributed by atoms with Gasteiger partial charge in [0.1, 0.15) is 5.84 Å². The van der Waals surface area contributed by atoms with Gasteiger partial charge in [-0.3, -0.25) is 4.68 Å². The van der Waals surface area contributed by atoms with Gasteiger partial charge in [0.15, 0.2) is 0 Å². The van der Waals surface area contributed by atoms with Crippen molar-refractivity contribution in [1.82, 2.24) is 15.1 Å². The molecule has 0 aliphatic rings. The van der Waals surface area contributed by atoms with E-state index in [1.165, 1.54) is 0 Å². The summed E-state index contributed by atoms with van der Waals surface area (Å²) in [6.45, 7) is 1.74. The smallest absolute Gasteiger partial charge is 0.139 e. The van der Waals surface area contributed by atoms with E-state index in [1.54, 1.807) is 6.20 Å². The first-order chi connectivity index (χ1) is 7.74. The van der Waals surface area contributed by atoms with Crippen LogP contribution in [-0.2, 0) is 13.6 Å². The van der Waals surface area contributed by atoms with Gasteiger partial charge in [-0.15, -0.1) is 0 Å². The number of hydrogen-bond donors (Lipinski definition) is 3. The maximum absolute atomic E-state index is 8.33. The Morgan fingerprint density at radius 2 is 2.44 bits per heavy atom. The van der Waals surface area contributed by atoms with Crippen LogP contribution in [0.4, 0.5) is 0 Å². The molecule has 1 aromatic heterocycles. The lowest BCUT2D eigenvalue weighted by molar-refractivity contribution is 0.316. The van der Waals surface area contributed by atoms with E-state index in [0.29, 0.717) is 12.3 Å². The van der Waals surface area contributed by atoms with Gasteiger partial charge < -0.3 is 16.3 Å². The summed E-state index contributed by atoms with van der Waals surface area (Å²) in [7, 11) is 1.93. The lowest BCUT2D eigenvalue weighted by Gasteiger charge is -2.04. The van der Waals surface area contributed by atoms with Crippen molar-refractivity contribution >= 4 is 5.84 Å². The van der Waals surface area contributed by atoms with Crippen molar-refractivity contribution in [3.05, 3.63) is 18.0 Å². The number of amidine groups is 1. The third-order valence-electron chi connectivity index (χ3n) is 2.39. The Morgan fingerprint density at radius 3 is 3.06 bits per heavy atom. The molecule has 0 spiro atoms. The van der Waals surface area contributed by atoms with Crippen LogP contribution >= 0.6 is 0 Å². The minimum Gasteiger partial charge on any atom is -0.409 e. The highest BCUT2D eigenvalue weighted by Crippen LogP contribution is 1.97. The maximum Gasteiger partial charge on any atom is 0.139 e. The summed E-state index contributed by atoms with van der Waals surface area (Å²) >= 11 is 0. The normalized spacial score (nSPS) is 11.9. The molecule has 0 fully saturated rings. The number of nitrogens with two attached hydrogens (primary N) is 1. The largest absolute Gasteiger partial charge is 0.409 e. The molecule has 6 heteroatoms. The van der Waals surface area contributed by atoms with Gasteiger partial charge in [-0.25, -0.2) is 0 Å². The topological polar surface area (TPSA) is 88.5 Å². The van der Waals surface area contributed by atoms with Crippen LogP contribution in [0.15, 0.2) is 17.4 Å². The SMILES string of the molecule is Cn1nccc1CNCCCCC(N)=NO. The predicted molar refractivity (Wildman–Crippen MR) is 62.2 cm³/mol. The molecule has 4 N–H and O–H groups in total. The Balaban J connectivity index is 2.03. The molecule has 1 aromatic rings. The van der Waals surface area contributed by atoms with Crippen LogP contribution in [0.5, 0.6) is 0 Å². The van der Waals surface area contributed by atoms with E-state index in [2.05, 4.69) is 15.6 Å². The lowest BCUT2D eigenvalue weighted by Crippen LogP contribution is -2.18. The van der Waals surface area contributed by atoms with E-state index in [4.69, 9.17) is 10.9 Å². The van der Waals surface area contributed by atoms with Gasteiger partial charge in [0.2, 0.25) is 0 Å². The van der Waals surface area contributed by atoms with Crippen LogP contribution < -0.4 is 11.1 Å². The first-order valence-corrected chi connectivity index (χ1v) is 5.38. The van der Waals surface area contributed by atoms with Crippen LogP contribution in [0.2, 0.25) is 0 Å². The Morgan fingerprint density at radius 1 is 1.62 bits per heavy atom. The number of rotatable bonds is 7. The van der Waals surface area contributed by atoms with Gasteiger partial charge >= 0.3 is 0 Å². The highest BCUT2D eigenvalue weighted by molar-refractivity contribution is 5.79. The van der Waals surface area contributed by atoms with Gasteiger partial charge in [0.25, 0.3) is 0 Å². The molecule has 0 amide bonds. The zero-order valence-corrected chi connectivity index (χ0v) is 9.56. The molecule has 0 unspecified atom stereocenters. The molecule has 1 heterocycles. The molecule has 1 rings (SSSR count). The fraction of sp³-hybridized carbons (Fsp3) is 0.600. The number of nitrogens with zero attached hydrogens (tertiary/aromatic N) is 3. The first-order valence-electron chi connectivity index (χ1n) is 5.38. The second kappa shape index (κ2) is 6.84. The molecule has 0 atom stereocenters. The first kappa shape index (κ1) is 12.5. The number of aryl methyl sites for hydroxylation is 1. The number of aromatic nitrogens is 2. The van der Waals surface area contributed by atoms with Gasteiger partial charge in [0.05, 0.1) is 5.69 Å². The van der Waals surface area contributed by atoms with Gasteiger partial charge in [-0.2, -0.15) is 5.10 Å². The molecule has 0 radical (unpaired) electrons. The van der Waals surface area contributed by atoms with Crippen LogP contribution in [0.1, 0.15) is 25.0 Å². The molecule has 0 saturated carbocycles. The van der Waals surface area contributed by atoms with E-state index in [0.717, 1.165) is 31.6 Å². The molecule has 0 bridgehead atoms. The van der Waals surface area contributed by atoms with Crippen LogP contribution in [0.3, 0.4) is 0 Å². The molecule has 0 aliphatic carbocycles. The summed E-state index contributed by atoms with van der Waals surface area (Å²) in [6, 6.07) is 1.99. The standard InChI is InChI=1S/C10H19N5O/c1-15-9(5-7-13-15)8-12-6-3-2-4-10(11)14-16/h5,7,12,16H,2-4,6,8H2,1H3,(H2,11,14). The molecular formula is C10H19N5O. The van der Waals surface area contributed by atoms with Crippen molar-refractivity contribution in [3.8, 4) is 0 Å². The molecule has 0 aromatic carbocycles. The summed E-state index contributed by atoms with van der Waals surface area (Å²) in [5.74, 6) is 0.298. The highest BCUT2D eigenvalue weighted by Gasteiger charge is 1.97. The summed E-state index contributed by atoms with van der Waals surface area (Å²) in [4.78, 5) is 0. The second-order valence-corrected chi connectivity index (χ2v) is 3.67.